The Kier molecular flexibility index (Phi) is 9.88. The number of hydrogen-bond acceptors (Lipinski definition) is 4. The Bertz CT molecular complexity index is 1130. The Balaban J connectivity index is 2.44. The number of carbonyl (C=O) groups excluding carboxylic acids is 2. The summed E-state index contributed by atoms with van der Waals surface area (Å²) in [7, 11) is -3.92. The number of hydrogen-bond donors (Lipinski definition) is 1. The number of rotatable bonds is 11. The molecule has 0 radical (unpaired) electrons. The minimum atomic E-state index is -3.92. The Hall–Kier alpha value is -2.65. The van der Waals surface area contributed by atoms with Crippen molar-refractivity contribution in [1.82, 2.24) is 10.2 Å². The topological polar surface area (TPSA) is 86.8 Å². The number of benzene rings is 2. The highest BCUT2D eigenvalue weighted by molar-refractivity contribution is 7.92. The third-order valence-electron chi connectivity index (χ3n) is 5.24. The monoisotopic (exact) mass is 511 g/mol. The Morgan fingerprint density at radius 1 is 1.15 bits per heavy atom. The first-order valence-corrected chi connectivity index (χ1v) is 13.3. The van der Waals surface area contributed by atoms with Gasteiger partial charge in [0, 0.05) is 13.1 Å². The molecule has 0 fully saturated rings. The molecule has 2 amide bonds. The lowest BCUT2D eigenvalue weighted by atomic mass is 10.1. The number of aryl methyl sites for hydroxylation is 1. The molecule has 34 heavy (non-hydrogen) atoms. The molecule has 10 heteroatoms. The number of nitrogens with one attached hydrogen (secondary N) is 1. The van der Waals surface area contributed by atoms with Gasteiger partial charge in [-0.05, 0) is 43.5 Å². The smallest absolute Gasteiger partial charge is 0.244 e. The largest absolute Gasteiger partial charge is 0.354 e. The van der Waals surface area contributed by atoms with Gasteiger partial charge in [-0.15, -0.1) is 0 Å². The first-order chi connectivity index (χ1) is 16.0. The predicted molar refractivity (Wildman–Crippen MR) is 133 cm³/mol. The fourth-order valence-corrected chi connectivity index (χ4v) is 4.56. The molecule has 1 N–H and O–H groups in total. The number of nitrogens with zero attached hydrogens (tertiary/aromatic N) is 2. The molecular formula is C24H31ClFN3O4S. The van der Waals surface area contributed by atoms with Crippen molar-refractivity contribution in [2.24, 2.45) is 0 Å². The van der Waals surface area contributed by atoms with Crippen molar-refractivity contribution in [2.45, 2.75) is 46.2 Å². The van der Waals surface area contributed by atoms with E-state index in [1.54, 1.807) is 6.92 Å². The minimum Gasteiger partial charge on any atom is -0.354 e. The Morgan fingerprint density at radius 2 is 1.85 bits per heavy atom. The van der Waals surface area contributed by atoms with Crippen molar-refractivity contribution in [1.29, 1.82) is 0 Å². The van der Waals surface area contributed by atoms with Crippen molar-refractivity contribution >= 4 is 39.1 Å². The summed E-state index contributed by atoms with van der Waals surface area (Å²) in [5.74, 6) is -1.57. The molecule has 0 aliphatic rings. The van der Waals surface area contributed by atoms with Crippen molar-refractivity contribution in [3.63, 3.8) is 0 Å². The predicted octanol–water partition coefficient (Wildman–Crippen LogP) is 3.89. The Morgan fingerprint density at radius 3 is 2.41 bits per heavy atom. The second-order valence-electron chi connectivity index (χ2n) is 8.09. The molecule has 0 bridgehead atoms. The standard InChI is InChI=1S/C24H31ClFN3O4S/c1-5-12-27-24(31)22(6-2)28(15-18-9-7-8-17(3)13-18)23(30)16-29(34(4,32)33)19-10-11-21(26)20(25)14-19/h7-11,13-14,22H,5-6,12,15-16H2,1-4H3,(H,27,31)/t22-/m0/s1. The molecule has 7 nitrogen and oxygen atoms in total. The van der Waals surface area contributed by atoms with E-state index in [4.69, 9.17) is 11.6 Å². The quantitative estimate of drug-likeness (QED) is 0.496. The van der Waals surface area contributed by atoms with Crippen LogP contribution in [0, 0.1) is 12.7 Å². The highest BCUT2D eigenvalue weighted by Crippen LogP contribution is 2.25. The molecule has 2 aromatic carbocycles. The summed E-state index contributed by atoms with van der Waals surface area (Å²) in [5.41, 5.74) is 1.86. The number of amides is 2. The second-order valence-corrected chi connectivity index (χ2v) is 10.4. The zero-order valence-electron chi connectivity index (χ0n) is 19.8. The van der Waals surface area contributed by atoms with E-state index in [-0.39, 0.29) is 23.2 Å². The maximum Gasteiger partial charge on any atom is 0.244 e. The van der Waals surface area contributed by atoms with E-state index in [1.807, 2.05) is 38.1 Å². The summed E-state index contributed by atoms with van der Waals surface area (Å²) >= 11 is 5.85. The van der Waals surface area contributed by atoms with Crippen molar-refractivity contribution in [2.75, 3.05) is 23.7 Å². The van der Waals surface area contributed by atoms with Crippen LogP contribution in [0.1, 0.15) is 37.8 Å². The SMILES string of the molecule is CCCNC(=O)[C@H](CC)N(Cc1cccc(C)c1)C(=O)CN(c1ccc(F)c(Cl)c1)S(C)(=O)=O. The lowest BCUT2D eigenvalue weighted by Crippen LogP contribution is -2.52. The fraction of sp³-hybridized carbons (Fsp3) is 0.417. The molecule has 0 aliphatic carbocycles. The van der Waals surface area contributed by atoms with Gasteiger partial charge < -0.3 is 10.2 Å². The van der Waals surface area contributed by atoms with E-state index in [0.29, 0.717) is 13.0 Å². The first kappa shape index (κ1) is 27.6. The van der Waals surface area contributed by atoms with E-state index in [0.717, 1.165) is 40.2 Å². The molecule has 2 rings (SSSR count). The van der Waals surface area contributed by atoms with Gasteiger partial charge in [-0.2, -0.15) is 0 Å². The van der Waals surface area contributed by atoms with E-state index >= 15 is 0 Å². The van der Waals surface area contributed by atoms with Crippen LogP contribution in [-0.4, -0.2) is 50.5 Å². The van der Waals surface area contributed by atoms with Crippen molar-refractivity contribution in [3.8, 4) is 0 Å². The molecule has 0 saturated heterocycles. The van der Waals surface area contributed by atoms with Gasteiger partial charge >= 0.3 is 0 Å². The van der Waals surface area contributed by atoms with Crippen molar-refractivity contribution < 1.29 is 22.4 Å². The summed E-state index contributed by atoms with van der Waals surface area (Å²) in [5, 5.41) is 2.56. The summed E-state index contributed by atoms with van der Waals surface area (Å²) in [6.07, 6.45) is 2.03. The van der Waals surface area contributed by atoms with Crippen LogP contribution in [0.25, 0.3) is 0 Å². The summed E-state index contributed by atoms with van der Waals surface area (Å²) in [4.78, 5) is 27.8. The molecule has 0 heterocycles. The average molecular weight is 512 g/mol. The van der Waals surface area contributed by atoms with Crippen LogP contribution in [-0.2, 0) is 26.2 Å². The molecular weight excluding hydrogens is 481 g/mol. The molecule has 0 aromatic heterocycles. The highest BCUT2D eigenvalue weighted by Gasteiger charge is 2.31. The third kappa shape index (κ3) is 7.43. The maximum atomic E-state index is 13.6. The normalized spacial score (nSPS) is 12.2. The van der Waals surface area contributed by atoms with Gasteiger partial charge in [0.15, 0.2) is 0 Å². The fourth-order valence-electron chi connectivity index (χ4n) is 3.55. The van der Waals surface area contributed by atoms with E-state index in [1.165, 1.54) is 11.0 Å². The second kappa shape index (κ2) is 12.2. The molecule has 2 aromatic rings. The van der Waals surface area contributed by atoms with Gasteiger partial charge in [-0.25, -0.2) is 12.8 Å². The van der Waals surface area contributed by atoms with Crippen LogP contribution in [0.4, 0.5) is 10.1 Å². The Labute approximate surface area is 205 Å². The van der Waals surface area contributed by atoms with Crippen LogP contribution >= 0.6 is 11.6 Å². The van der Waals surface area contributed by atoms with Crippen LogP contribution in [0.3, 0.4) is 0 Å². The minimum absolute atomic E-state index is 0.0567. The van der Waals surface area contributed by atoms with Crippen LogP contribution in [0.15, 0.2) is 42.5 Å². The highest BCUT2D eigenvalue weighted by atomic mass is 35.5. The van der Waals surface area contributed by atoms with E-state index in [2.05, 4.69) is 5.32 Å². The van der Waals surface area contributed by atoms with Gasteiger partial charge in [-0.3, -0.25) is 13.9 Å². The van der Waals surface area contributed by atoms with Gasteiger partial charge in [0.05, 0.1) is 17.0 Å². The summed E-state index contributed by atoms with van der Waals surface area (Å²) < 4.78 is 39.6. The van der Waals surface area contributed by atoms with Crippen LogP contribution in [0.2, 0.25) is 5.02 Å². The van der Waals surface area contributed by atoms with Crippen molar-refractivity contribution in [3.05, 3.63) is 64.4 Å². The van der Waals surface area contributed by atoms with Gasteiger partial charge in [0.25, 0.3) is 0 Å². The van der Waals surface area contributed by atoms with Gasteiger partial charge in [-0.1, -0.05) is 55.3 Å². The zero-order valence-corrected chi connectivity index (χ0v) is 21.4. The van der Waals surface area contributed by atoms with E-state index in [9.17, 15) is 22.4 Å². The molecule has 186 valence electrons. The number of sulfonamides is 1. The lowest BCUT2D eigenvalue weighted by Gasteiger charge is -2.33. The molecule has 0 spiro atoms. The molecule has 0 saturated carbocycles. The third-order valence-corrected chi connectivity index (χ3v) is 6.67. The van der Waals surface area contributed by atoms with Gasteiger partial charge in [0.2, 0.25) is 21.8 Å². The maximum absolute atomic E-state index is 13.6. The number of halogens is 2. The van der Waals surface area contributed by atoms with E-state index < -0.39 is 34.3 Å². The summed E-state index contributed by atoms with van der Waals surface area (Å²) in [6.45, 7) is 5.66. The van der Waals surface area contributed by atoms with Crippen LogP contribution < -0.4 is 9.62 Å². The lowest BCUT2D eigenvalue weighted by molar-refractivity contribution is -0.140. The zero-order chi connectivity index (χ0) is 25.5. The summed E-state index contributed by atoms with van der Waals surface area (Å²) in [6, 6.07) is 10.2. The van der Waals surface area contributed by atoms with Crippen LogP contribution in [0.5, 0.6) is 0 Å². The average Bonchev–Trinajstić information content (AvgIpc) is 2.77. The molecule has 1 atom stereocenters. The molecule has 0 aliphatic heterocycles. The number of carbonyl (C=O) groups is 2. The van der Waals surface area contributed by atoms with Gasteiger partial charge in [0.1, 0.15) is 18.4 Å². The molecule has 0 unspecified atom stereocenters. The number of anilines is 1. The first-order valence-electron chi connectivity index (χ1n) is 11.0.